The van der Waals surface area contributed by atoms with Crippen LogP contribution >= 0.6 is 0 Å². The molecule has 19 heavy (non-hydrogen) atoms. The third-order valence-electron chi connectivity index (χ3n) is 4.32. The highest BCUT2D eigenvalue weighted by Gasteiger charge is 2.41. The van der Waals surface area contributed by atoms with Crippen molar-refractivity contribution in [3.05, 3.63) is 29.6 Å². The first-order chi connectivity index (χ1) is 9.06. The number of nitrogens with zero attached hydrogens (tertiary/aromatic N) is 1. The van der Waals surface area contributed by atoms with Crippen molar-refractivity contribution in [1.29, 1.82) is 0 Å². The number of anilines is 1. The van der Waals surface area contributed by atoms with Gasteiger partial charge in [-0.2, -0.15) is 0 Å². The fraction of sp³-hybridized carbons (Fsp3) is 0.533. The van der Waals surface area contributed by atoms with Crippen LogP contribution in [0.4, 0.5) is 10.1 Å². The molecule has 2 heterocycles. The number of halogens is 1. The van der Waals surface area contributed by atoms with Crippen LogP contribution in [-0.2, 0) is 0 Å². The van der Waals surface area contributed by atoms with Crippen molar-refractivity contribution in [1.82, 2.24) is 0 Å². The minimum atomic E-state index is -0.377. The maximum atomic E-state index is 13.3. The third-order valence-corrected chi connectivity index (χ3v) is 4.32. The fourth-order valence-corrected chi connectivity index (χ4v) is 3.56. The molecule has 3 rings (SSSR count). The zero-order valence-electron chi connectivity index (χ0n) is 11.0. The Morgan fingerprint density at radius 3 is 2.53 bits per heavy atom. The van der Waals surface area contributed by atoms with Crippen molar-refractivity contribution < 1.29 is 14.3 Å². The molecule has 0 spiro atoms. The second-order valence-electron chi connectivity index (χ2n) is 5.64. The summed E-state index contributed by atoms with van der Waals surface area (Å²) in [7, 11) is 0. The molecule has 2 atom stereocenters. The summed E-state index contributed by atoms with van der Waals surface area (Å²) in [6.45, 7) is 1.47. The van der Waals surface area contributed by atoms with Crippen molar-refractivity contribution in [2.45, 2.75) is 50.8 Å². The summed E-state index contributed by atoms with van der Waals surface area (Å²) in [5.74, 6) is -0.488. The topological polar surface area (TPSA) is 40.5 Å². The van der Waals surface area contributed by atoms with Gasteiger partial charge < -0.3 is 10.0 Å². The molecule has 2 saturated heterocycles. The van der Waals surface area contributed by atoms with Gasteiger partial charge in [0.15, 0.2) is 5.78 Å². The van der Waals surface area contributed by atoms with Gasteiger partial charge in [0.05, 0.1) is 6.10 Å². The lowest BCUT2D eigenvalue weighted by Gasteiger charge is -2.39. The van der Waals surface area contributed by atoms with Crippen LogP contribution in [0.5, 0.6) is 0 Å². The Kier molecular flexibility index (Phi) is 3.05. The van der Waals surface area contributed by atoms with Gasteiger partial charge in [0.2, 0.25) is 0 Å². The van der Waals surface area contributed by atoms with E-state index in [-0.39, 0.29) is 29.8 Å². The summed E-state index contributed by atoms with van der Waals surface area (Å²) < 4.78 is 13.3. The molecule has 2 aliphatic heterocycles. The SMILES string of the molecule is CC(=O)c1cc(F)ccc1N1C2CCC1CC(O)C2. The van der Waals surface area contributed by atoms with Crippen LogP contribution in [0.25, 0.3) is 0 Å². The lowest BCUT2D eigenvalue weighted by molar-refractivity contribution is 0.101. The molecule has 2 bridgehead atoms. The standard InChI is InChI=1S/C15H18FNO2/c1-9(18)14-6-10(16)2-5-15(14)17-11-3-4-12(17)8-13(19)7-11/h2,5-6,11-13,19H,3-4,7-8H2,1H3. The average molecular weight is 263 g/mol. The van der Waals surface area contributed by atoms with E-state index in [4.69, 9.17) is 0 Å². The molecule has 4 heteroatoms. The van der Waals surface area contributed by atoms with E-state index in [0.29, 0.717) is 5.56 Å². The summed E-state index contributed by atoms with van der Waals surface area (Å²) in [6.07, 6.45) is 3.32. The largest absolute Gasteiger partial charge is 0.393 e. The van der Waals surface area contributed by atoms with E-state index in [1.807, 2.05) is 0 Å². The quantitative estimate of drug-likeness (QED) is 0.833. The molecule has 3 nitrogen and oxygen atoms in total. The Morgan fingerprint density at radius 1 is 1.32 bits per heavy atom. The minimum absolute atomic E-state index is 0.111. The molecular formula is C15H18FNO2. The first-order valence-corrected chi connectivity index (χ1v) is 6.83. The molecule has 0 aliphatic carbocycles. The van der Waals surface area contributed by atoms with Gasteiger partial charge >= 0.3 is 0 Å². The van der Waals surface area contributed by atoms with Crippen LogP contribution in [-0.4, -0.2) is 29.1 Å². The van der Waals surface area contributed by atoms with Gasteiger partial charge in [0.25, 0.3) is 0 Å². The molecule has 2 unspecified atom stereocenters. The van der Waals surface area contributed by atoms with E-state index in [2.05, 4.69) is 4.90 Å². The summed E-state index contributed by atoms with van der Waals surface area (Å²) in [6, 6.07) is 4.98. The fourth-order valence-electron chi connectivity index (χ4n) is 3.56. The zero-order valence-corrected chi connectivity index (χ0v) is 11.0. The Morgan fingerprint density at radius 2 is 1.95 bits per heavy atom. The van der Waals surface area contributed by atoms with Crippen LogP contribution in [0, 0.1) is 5.82 Å². The van der Waals surface area contributed by atoms with E-state index >= 15 is 0 Å². The van der Waals surface area contributed by atoms with Crippen molar-refractivity contribution in [3.63, 3.8) is 0 Å². The third kappa shape index (κ3) is 2.14. The number of fused-ring (bicyclic) bond motifs is 2. The Balaban J connectivity index is 2.01. The van der Waals surface area contributed by atoms with Crippen molar-refractivity contribution in [2.24, 2.45) is 0 Å². The number of hydrogen-bond acceptors (Lipinski definition) is 3. The Bertz CT molecular complexity index is 503. The van der Waals surface area contributed by atoms with Crippen LogP contribution in [0.2, 0.25) is 0 Å². The number of piperidine rings is 1. The van der Waals surface area contributed by atoms with E-state index in [1.165, 1.54) is 19.1 Å². The summed E-state index contributed by atoms with van der Waals surface area (Å²) in [4.78, 5) is 13.9. The average Bonchev–Trinajstić information content (AvgIpc) is 2.62. The van der Waals surface area contributed by atoms with Gasteiger partial charge in [-0.1, -0.05) is 0 Å². The number of aliphatic hydroxyl groups excluding tert-OH is 1. The van der Waals surface area contributed by atoms with Gasteiger partial charge in [-0.15, -0.1) is 0 Å². The van der Waals surface area contributed by atoms with E-state index in [9.17, 15) is 14.3 Å². The van der Waals surface area contributed by atoms with Crippen molar-refractivity contribution in [2.75, 3.05) is 4.90 Å². The lowest BCUT2D eigenvalue weighted by Crippen LogP contribution is -2.45. The lowest BCUT2D eigenvalue weighted by atomic mass is 9.97. The normalized spacial score (nSPS) is 29.6. The maximum absolute atomic E-state index is 13.3. The minimum Gasteiger partial charge on any atom is -0.393 e. The number of carbonyl (C=O) groups is 1. The zero-order chi connectivity index (χ0) is 13.6. The highest BCUT2D eigenvalue weighted by molar-refractivity contribution is 6.00. The molecular weight excluding hydrogens is 245 g/mol. The maximum Gasteiger partial charge on any atom is 0.161 e. The van der Waals surface area contributed by atoms with Gasteiger partial charge in [-0.05, 0) is 50.8 Å². The van der Waals surface area contributed by atoms with Crippen LogP contribution in [0.3, 0.4) is 0 Å². The first-order valence-electron chi connectivity index (χ1n) is 6.83. The second kappa shape index (κ2) is 4.60. The molecule has 0 aromatic heterocycles. The highest BCUT2D eigenvalue weighted by Crippen LogP contribution is 2.40. The number of carbonyl (C=O) groups excluding carboxylic acids is 1. The number of Topliss-reactive ketones (excluding diaryl/α,β-unsaturated/α-hetero) is 1. The second-order valence-corrected chi connectivity index (χ2v) is 5.64. The van der Waals surface area contributed by atoms with Crippen LogP contribution in [0.1, 0.15) is 43.0 Å². The molecule has 0 amide bonds. The van der Waals surface area contributed by atoms with Crippen LogP contribution < -0.4 is 4.90 Å². The molecule has 2 aliphatic rings. The number of hydrogen-bond donors (Lipinski definition) is 1. The summed E-state index contributed by atoms with van der Waals surface area (Å²) >= 11 is 0. The predicted molar refractivity (Wildman–Crippen MR) is 70.9 cm³/mol. The molecule has 0 radical (unpaired) electrons. The molecule has 102 valence electrons. The molecule has 2 fully saturated rings. The number of aliphatic hydroxyl groups is 1. The first kappa shape index (κ1) is 12.6. The van der Waals surface area contributed by atoms with E-state index in [1.54, 1.807) is 6.07 Å². The Labute approximate surface area is 112 Å². The van der Waals surface area contributed by atoms with E-state index in [0.717, 1.165) is 31.4 Å². The van der Waals surface area contributed by atoms with Gasteiger partial charge in [0, 0.05) is 23.3 Å². The van der Waals surface area contributed by atoms with Gasteiger partial charge in [-0.25, -0.2) is 4.39 Å². The van der Waals surface area contributed by atoms with Crippen molar-refractivity contribution >= 4 is 11.5 Å². The smallest absolute Gasteiger partial charge is 0.161 e. The highest BCUT2D eigenvalue weighted by atomic mass is 19.1. The number of ketones is 1. The molecule has 0 saturated carbocycles. The predicted octanol–water partition coefficient (Wildman–Crippen LogP) is 2.52. The molecule has 1 aromatic carbocycles. The van der Waals surface area contributed by atoms with Gasteiger partial charge in [0.1, 0.15) is 5.82 Å². The molecule has 1 aromatic rings. The molecule has 1 N–H and O–H groups in total. The Hall–Kier alpha value is -1.42. The number of benzene rings is 1. The van der Waals surface area contributed by atoms with Crippen molar-refractivity contribution in [3.8, 4) is 0 Å². The van der Waals surface area contributed by atoms with Crippen LogP contribution in [0.15, 0.2) is 18.2 Å². The number of rotatable bonds is 2. The summed E-state index contributed by atoms with van der Waals surface area (Å²) in [5, 5.41) is 9.82. The van der Waals surface area contributed by atoms with E-state index < -0.39 is 0 Å². The van der Waals surface area contributed by atoms with Gasteiger partial charge in [-0.3, -0.25) is 4.79 Å². The summed E-state index contributed by atoms with van der Waals surface area (Å²) in [5.41, 5.74) is 1.28. The monoisotopic (exact) mass is 263 g/mol.